The molecule has 96 valence electrons. The van der Waals surface area contributed by atoms with Crippen LogP contribution < -0.4 is 4.74 Å². The molecule has 0 radical (unpaired) electrons. The summed E-state index contributed by atoms with van der Waals surface area (Å²) in [7, 11) is 1.26. The van der Waals surface area contributed by atoms with Crippen molar-refractivity contribution in [3.63, 3.8) is 0 Å². The van der Waals surface area contributed by atoms with Gasteiger partial charge in [0.05, 0.1) is 5.52 Å². The highest BCUT2D eigenvalue weighted by molar-refractivity contribution is 5.81. The molecule has 5 heteroatoms. The van der Waals surface area contributed by atoms with Crippen LogP contribution in [0.3, 0.4) is 0 Å². The number of fused-ring (bicyclic) bond motifs is 1. The summed E-state index contributed by atoms with van der Waals surface area (Å²) in [5.41, 5.74) is 1.39. The van der Waals surface area contributed by atoms with E-state index in [-0.39, 0.29) is 0 Å². The molecule has 0 aliphatic rings. The Hall–Kier alpha value is -2.58. The van der Waals surface area contributed by atoms with Crippen LogP contribution >= 0.6 is 0 Å². The van der Waals surface area contributed by atoms with E-state index >= 15 is 0 Å². The van der Waals surface area contributed by atoms with E-state index in [1.165, 1.54) is 7.11 Å². The Bertz CT molecular complexity index is 660. The highest BCUT2D eigenvalue weighted by Gasteiger charge is 2.18. The number of rotatable bonds is 4. The minimum absolute atomic E-state index is 0.373. The second-order valence-corrected chi connectivity index (χ2v) is 3.75. The topological polar surface area (TPSA) is 68.7 Å². The molecule has 0 saturated heterocycles. The number of benzene rings is 1. The van der Waals surface area contributed by atoms with Crippen molar-refractivity contribution in [1.29, 1.82) is 0 Å². The Morgan fingerprint density at radius 1 is 1.47 bits per heavy atom. The Labute approximate surface area is 109 Å². The molecule has 0 amide bonds. The summed E-state index contributed by atoms with van der Waals surface area (Å²) >= 11 is 0. The van der Waals surface area contributed by atoms with Gasteiger partial charge in [0.2, 0.25) is 0 Å². The number of aromatic nitrogens is 1. The number of carboxylic acid groups (broad SMARTS) is 1. The number of carbonyl (C=O) groups is 1. The zero-order valence-electron chi connectivity index (χ0n) is 10.2. The van der Waals surface area contributed by atoms with Gasteiger partial charge in [0, 0.05) is 24.3 Å². The second-order valence-electron chi connectivity index (χ2n) is 3.75. The van der Waals surface area contributed by atoms with Crippen molar-refractivity contribution in [2.75, 3.05) is 7.11 Å². The van der Waals surface area contributed by atoms with Crippen LogP contribution in [-0.4, -0.2) is 29.5 Å². The minimum atomic E-state index is -1.35. The van der Waals surface area contributed by atoms with Crippen LogP contribution in [0.4, 0.5) is 0 Å². The third-order valence-corrected chi connectivity index (χ3v) is 2.48. The fraction of sp³-hybridized carbons (Fsp3) is 0.143. The van der Waals surface area contributed by atoms with Gasteiger partial charge in [-0.25, -0.2) is 4.79 Å². The molecule has 0 aliphatic heterocycles. The number of pyridine rings is 1. The summed E-state index contributed by atoms with van der Waals surface area (Å²) in [5.74, 6) is 1.66. The standard InChI is InChI=1S/C14H11NO4/c1-3-9-6-10-7-11(4-5-12(10)15-8-9)19-14(18-2)13(16)17/h1,4-8,14H,2H3,(H,16,17). The van der Waals surface area contributed by atoms with Crippen molar-refractivity contribution < 1.29 is 19.4 Å². The van der Waals surface area contributed by atoms with Crippen LogP contribution in [0.25, 0.3) is 10.9 Å². The van der Waals surface area contributed by atoms with E-state index in [9.17, 15) is 4.79 Å². The molecule has 1 unspecified atom stereocenters. The highest BCUT2D eigenvalue weighted by Crippen LogP contribution is 2.21. The van der Waals surface area contributed by atoms with Gasteiger partial charge in [0.1, 0.15) is 5.75 Å². The van der Waals surface area contributed by atoms with E-state index in [4.69, 9.17) is 21.0 Å². The zero-order valence-corrected chi connectivity index (χ0v) is 10.2. The number of aliphatic carboxylic acids is 1. The van der Waals surface area contributed by atoms with Crippen molar-refractivity contribution in [2.24, 2.45) is 0 Å². The molecule has 1 aromatic heterocycles. The second kappa shape index (κ2) is 5.38. The van der Waals surface area contributed by atoms with E-state index in [0.717, 1.165) is 10.9 Å². The summed E-state index contributed by atoms with van der Waals surface area (Å²) in [6, 6.07) is 6.79. The maximum atomic E-state index is 10.8. The molecule has 1 atom stereocenters. The molecule has 1 heterocycles. The zero-order chi connectivity index (χ0) is 13.8. The van der Waals surface area contributed by atoms with Gasteiger partial charge in [-0.2, -0.15) is 0 Å². The SMILES string of the molecule is C#Cc1cnc2ccc(OC(OC)C(=O)O)cc2c1. The van der Waals surface area contributed by atoms with Crippen molar-refractivity contribution >= 4 is 16.9 Å². The smallest absolute Gasteiger partial charge is 0.373 e. The van der Waals surface area contributed by atoms with Gasteiger partial charge in [0.25, 0.3) is 6.29 Å². The van der Waals surface area contributed by atoms with Crippen LogP contribution in [0.15, 0.2) is 30.5 Å². The number of terminal acetylenes is 1. The molecule has 0 saturated carbocycles. The summed E-state index contributed by atoms with van der Waals surface area (Å²) in [5, 5.41) is 9.61. The first kappa shape index (κ1) is 12.9. The lowest BCUT2D eigenvalue weighted by Crippen LogP contribution is -2.28. The molecule has 0 bridgehead atoms. The number of hydrogen-bond acceptors (Lipinski definition) is 4. The molecule has 1 N–H and O–H groups in total. The van der Waals surface area contributed by atoms with Gasteiger partial charge in [-0.05, 0) is 24.3 Å². The predicted octanol–water partition coefficient (Wildman–Crippen LogP) is 1.65. The van der Waals surface area contributed by atoms with Crippen molar-refractivity contribution in [3.8, 4) is 18.1 Å². The average molecular weight is 257 g/mol. The Balaban J connectivity index is 2.35. The quantitative estimate of drug-likeness (QED) is 0.666. The van der Waals surface area contributed by atoms with Crippen molar-refractivity contribution in [3.05, 3.63) is 36.0 Å². The summed E-state index contributed by atoms with van der Waals surface area (Å²) in [4.78, 5) is 15.0. The predicted molar refractivity (Wildman–Crippen MR) is 68.7 cm³/mol. The van der Waals surface area contributed by atoms with Crippen LogP contribution in [0, 0.1) is 12.3 Å². The van der Waals surface area contributed by atoms with E-state index in [1.54, 1.807) is 30.5 Å². The lowest BCUT2D eigenvalue weighted by Gasteiger charge is -2.13. The highest BCUT2D eigenvalue weighted by atomic mass is 16.7. The summed E-state index contributed by atoms with van der Waals surface area (Å²) in [6.45, 7) is 0. The van der Waals surface area contributed by atoms with E-state index < -0.39 is 12.3 Å². The molecule has 19 heavy (non-hydrogen) atoms. The lowest BCUT2D eigenvalue weighted by atomic mass is 10.1. The molecule has 0 spiro atoms. The monoisotopic (exact) mass is 257 g/mol. The number of hydrogen-bond donors (Lipinski definition) is 1. The van der Waals surface area contributed by atoms with Gasteiger partial charge in [0.15, 0.2) is 0 Å². The molecule has 0 fully saturated rings. The van der Waals surface area contributed by atoms with E-state index in [1.807, 2.05) is 0 Å². The number of nitrogens with zero attached hydrogens (tertiary/aromatic N) is 1. The van der Waals surface area contributed by atoms with Gasteiger partial charge >= 0.3 is 5.97 Å². The Morgan fingerprint density at radius 3 is 2.89 bits per heavy atom. The third-order valence-electron chi connectivity index (χ3n) is 2.48. The first-order valence-corrected chi connectivity index (χ1v) is 5.42. The lowest BCUT2D eigenvalue weighted by molar-refractivity contribution is -0.166. The van der Waals surface area contributed by atoms with Crippen LogP contribution in [0.2, 0.25) is 0 Å². The molecular weight excluding hydrogens is 246 g/mol. The maximum absolute atomic E-state index is 10.8. The molecule has 2 aromatic rings. The van der Waals surface area contributed by atoms with Crippen molar-refractivity contribution in [2.45, 2.75) is 6.29 Å². The minimum Gasteiger partial charge on any atom is -0.477 e. The maximum Gasteiger partial charge on any atom is 0.373 e. The van der Waals surface area contributed by atoms with Gasteiger partial charge in [-0.3, -0.25) is 4.98 Å². The number of carboxylic acids is 1. The van der Waals surface area contributed by atoms with Crippen molar-refractivity contribution in [1.82, 2.24) is 4.98 Å². The van der Waals surface area contributed by atoms with Crippen LogP contribution in [0.5, 0.6) is 5.75 Å². The fourth-order valence-corrected chi connectivity index (χ4v) is 1.58. The molecule has 0 aliphatic carbocycles. The summed E-state index contributed by atoms with van der Waals surface area (Å²) < 4.78 is 9.91. The molecule has 5 nitrogen and oxygen atoms in total. The van der Waals surface area contributed by atoms with E-state index in [0.29, 0.717) is 11.3 Å². The largest absolute Gasteiger partial charge is 0.477 e. The molecule has 2 rings (SSSR count). The number of methoxy groups -OCH3 is 1. The first-order valence-electron chi connectivity index (χ1n) is 5.42. The third kappa shape index (κ3) is 2.81. The van der Waals surface area contributed by atoms with Crippen LogP contribution in [0.1, 0.15) is 5.56 Å². The number of ether oxygens (including phenoxy) is 2. The molecular formula is C14H11NO4. The van der Waals surface area contributed by atoms with Gasteiger partial charge < -0.3 is 14.6 Å². The molecule has 1 aromatic carbocycles. The van der Waals surface area contributed by atoms with Gasteiger partial charge in [-0.15, -0.1) is 6.42 Å². The van der Waals surface area contributed by atoms with Crippen LogP contribution in [-0.2, 0) is 9.53 Å². The van der Waals surface area contributed by atoms with E-state index in [2.05, 4.69) is 10.9 Å². The Kier molecular flexibility index (Phi) is 3.64. The summed E-state index contributed by atoms with van der Waals surface area (Å²) in [6.07, 6.45) is 5.55. The van der Waals surface area contributed by atoms with Gasteiger partial charge in [-0.1, -0.05) is 5.92 Å². The normalized spacial score (nSPS) is 11.8. The Morgan fingerprint density at radius 2 is 2.26 bits per heavy atom. The average Bonchev–Trinajstić information content (AvgIpc) is 2.43. The fourth-order valence-electron chi connectivity index (χ4n) is 1.58. The first-order chi connectivity index (χ1) is 9.13.